The number of aromatic nitrogens is 3. The topological polar surface area (TPSA) is 78.2 Å². The van der Waals surface area contributed by atoms with Crippen LogP contribution in [0.25, 0.3) is 16.6 Å². The summed E-state index contributed by atoms with van der Waals surface area (Å²) in [4.78, 5) is 23.6. The first kappa shape index (κ1) is 27.2. The summed E-state index contributed by atoms with van der Waals surface area (Å²) in [5, 5.41) is 7.01. The van der Waals surface area contributed by atoms with Gasteiger partial charge in [0.2, 0.25) is 5.56 Å². The predicted octanol–water partition coefficient (Wildman–Crippen LogP) is 5.34. The number of benzene rings is 2. The first-order valence-electron chi connectivity index (χ1n) is 11.5. The van der Waals surface area contributed by atoms with Crippen LogP contribution in [0.4, 0.5) is 17.6 Å². The van der Waals surface area contributed by atoms with Crippen LogP contribution in [0.15, 0.2) is 65.7 Å². The molecule has 0 saturated heterocycles. The highest BCUT2D eigenvalue weighted by Crippen LogP contribution is 2.33. The zero-order chi connectivity index (χ0) is 27.8. The molecule has 200 valence electrons. The third kappa shape index (κ3) is 5.83. The molecule has 4 aromatic rings. The van der Waals surface area contributed by atoms with Gasteiger partial charge in [-0.3, -0.25) is 9.59 Å². The van der Waals surface area contributed by atoms with Gasteiger partial charge in [-0.15, -0.1) is 0 Å². The normalized spacial score (nSPS) is 13.5. The van der Waals surface area contributed by atoms with Gasteiger partial charge in [0.05, 0.1) is 23.4 Å². The van der Waals surface area contributed by atoms with Crippen molar-refractivity contribution < 1.29 is 27.1 Å². The summed E-state index contributed by atoms with van der Waals surface area (Å²) in [6.45, 7) is 3.22. The highest BCUT2D eigenvalue weighted by molar-refractivity contribution is 6.30. The first-order chi connectivity index (χ1) is 17.8. The molecule has 7 nitrogen and oxygen atoms in total. The van der Waals surface area contributed by atoms with Gasteiger partial charge in [0, 0.05) is 29.7 Å². The van der Waals surface area contributed by atoms with Gasteiger partial charge in [-0.25, -0.2) is 9.07 Å². The number of carbonyl (C=O) groups is 1. The van der Waals surface area contributed by atoms with E-state index in [-0.39, 0.29) is 21.9 Å². The summed E-state index contributed by atoms with van der Waals surface area (Å²) in [7, 11) is 1.62. The summed E-state index contributed by atoms with van der Waals surface area (Å²) < 4.78 is 62.7. The predicted molar refractivity (Wildman–Crippen MR) is 134 cm³/mol. The van der Waals surface area contributed by atoms with Crippen molar-refractivity contribution in [3.05, 3.63) is 87.7 Å². The average Bonchev–Trinajstić information content (AvgIpc) is 3.24. The van der Waals surface area contributed by atoms with Crippen LogP contribution >= 0.6 is 11.6 Å². The molecule has 0 saturated carbocycles. The maximum absolute atomic E-state index is 14.2. The van der Waals surface area contributed by atoms with Gasteiger partial charge < -0.3 is 14.6 Å². The molecule has 0 spiro atoms. The second-order valence-electron chi connectivity index (χ2n) is 9.10. The van der Waals surface area contributed by atoms with E-state index in [1.54, 1.807) is 62.2 Å². The molecule has 1 N–H and O–H groups in total. The lowest BCUT2D eigenvalue weighted by molar-refractivity contribution is -0.175. The second kappa shape index (κ2) is 10.5. The third-order valence-electron chi connectivity index (χ3n) is 5.93. The number of nitrogens with zero attached hydrogens (tertiary/aromatic N) is 3. The number of carbonyl (C=O) groups excluding carboxylic acids is 1. The van der Waals surface area contributed by atoms with Crippen molar-refractivity contribution in [1.82, 2.24) is 19.7 Å². The SMILES string of the molecule is CC(C)C(NC(=O)C(F)(F)F)C(Oc1ccc2c(cnn2-c2ccc(=O)n(C)c2)c1)c1cc(F)cc(Cl)c1. The van der Waals surface area contributed by atoms with Crippen LogP contribution in [0, 0.1) is 11.7 Å². The van der Waals surface area contributed by atoms with E-state index < -0.39 is 36.0 Å². The van der Waals surface area contributed by atoms with Crippen LogP contribution in [0.5, 0.6) is 5.75 Å². The van der Waals surface area contributed by atoms with Crippen molar-refractivity contribution in [3.8, 4) is 11.4 Å². The van der Waals surface area contributed by atoms with Gasteiger partial charge in [-0.1, -0.05) is 25.4 Å². The van der Waals surface area contributed by atoms with Crippen LogP contribution in [0.1, 0.15) is 25.5 Å². The maximum atomic E-state index is 14.2. The molecule has 2 atom stereocenters. The minimum Gasteiger partial charge on any atom is -0.484 e. The van der Waals surface area contributed by atoms with Gasteiger partial charge >= 0.3 is 12.1 Å². The Hall–Kier alpha value is -3.86. The van der Waals surface area contributed by atoms with Crippen LogP contribution in [0.2, 0.25) is 5.02 Å². The van der Waals surface area contributed by atoms with E-state index in [0.29, 0.717) is 16.6 Å². The molecule has 12 heteroatoms. The van der Waals surface area contributed by atoms with Crippen molar-refractivity contribution in [2.75, 3.05) is 0 Å². The van der Waals surface area contributed by atoms with Crippen LogP contribution in [-0.4, -0.2) is 32.5 Å². The summed E-state index contributed by atoms with van der Waals surface area (Å²) in [6, 6.07) is 10.3. The van der Waals surface area contributed by atoms with E-state index in [0.717, 1.165) is 12.1 Å². The minimum absolute atomic E-state index is 0.0206. The lowest BCUT2D eigenvalue weighted by atomic mass is 9.92. The van der Waals surface area contributed by atoms with Crippen molar-refractivity contribution >= 4 is 28.4 Å². The maximum Gasteiger partial charge on any atom is 0.471 e. The summed E-state index contributed by atoms with van der Waals surface area (Å²) >= 11 is 6.02. The number of halogens is 5. The molecular formula is C26H23ClF4N4O3. The molecule has 0 radical (unpaired) electrons. The van der Waals surface area contributed by atoms with Gasteiger partial charge in [0.25, 0.3) is 0 Å². The minimum atomic E-state index is -5.12. The number of aryl methyl sites for hydroxylation is 1. The Labute approximate surface area is 219 Å². The molecule has 2 aromatic carbocycles. The number of ether oxygens (including phenoxy) is 1. The molecule has 2 aromatic heterocycles. The second-order valence-corrected chi connectivity index (χ2v) is 9.53. The van der Waals surface area contributed by atoms with E-state index in [9.17, 15) is 27.2 Å². The average molecular weight is 551 g/mol. The van der Waals surface area contributed by atoms with E-state index >= 15 is 0 Å². The highest BCUT2D eigenvalue weighted by Gasteiger charge is 2.42. The lowest BCUT2D eigenvalue weighted by Gasteiger charge is -2.32. The number of hydrogen-bond donors (Lipinski definition) is 1. The number of fused-ring (bicyclic) bond motifs is 1. The van der Waals surface area contributed by atoms with Gasteiger partial charge in [0.15, 0.2) is 0 Å². The Morgan fingerprint density at radius 1 is 1.11 bits per heavy atom. The zero-order valence-electron chi connectivity index (χ0n) is 20.5. The molecule has 2 unspecified atom stereocenters. The number of amides is 1. The quantitative estimate of drug-likeness (QED) is 0.315. The monoisotopic (exact) mass is 550 g/mol. The molecule has 0 aliphatic rings. The van der Waals surface area contributed by atoms with Gasteiger partial charge in [0.1, 0.15) is 17.7 Å². The molecule has 0 aliphatic carbocycles. The van der Waals surface area contributed by atoms with Crippen molar-refractivity contribution in [2.45, 2.75) is 32.2 Å². The molecule has 0 fully saturated rings. The van der Waals surface area contributed by atoms with E-state index in [1.165, 1.54) is 16.7 Å². The Morgan fingerprint density at radius 3 is 2.47 bits per heavy atom. The zero-order valence-corrected chi connectivity index (χ0v) is 21.2. The highest BCUT2D eigenvalue weighted by atomic mass is 35.5. The summed E-state index contributed by atoms with van der Waals surface area (Å²) in [5.41, 5.74) is 1.28. The molecule has 0 bridgehead atoms. The fraction of sp³-hybridized carbons (Fsp3) is 0.269. The van der Waals surface area contributed by atoms with E-state index in [2.05, 4.69) is 5.10 Å². The van der Waals surface area contributed by atoms with Crippen molar-refractivity contribution in [1.29, 1.82) is 0 Å². The van der Waals surface area contributed by atoms with Gasteiger partial charge in [-0.05, 0) is 53.9 Å². The Kier molecular flexibility index (Phi) is 7.50. The lowest BCUT2D eigenvalue weighted by Crippen LogP contribution is -2.49. The third-order valence-corrected chi connectivity index (χ3v) is 6.15. The van der Waals surface area contributed by atoms with E-state index in [1.807, 2.05) is 5.32 Å². The Balaban J connectivity index is 1.74. The molecule has 0 aliphatic heterocycles. The Bertz CT molecular complexity index is 1530. The summed E-state index contributed by atoms with van der Waals surface area (Å²) in [6.07, 6.45) is -3.15. The van der Waals surface area contributed by atoms with Crippen LogP contribution in [-0.2, 0) is 11.8 Å². The standard InChI is InChI=1S/C26H23ClF4N4O3/c1-14(2)23(33-25(37)26(29,30)31)24(15-8-17(27)11-18(28)9-15)38-20-5-6-21-16(10-20)12-32-35(21)19-4-7-22(36)34(3)13-19/h4-14,23-24H,1-3H3,(H,33,37). The fourth-order valence-corrected chi connectivity index (χ4v) is 4.28. The Morgan fingerprint density at radius 2 is 1.84 bits per heavy atom. The molecule has 1 amide bonds. The number of pyridine rings is 1. The molecule has 38 heavy (non-hydrogen) atoms. The largest absolute Gasteiger partial charge is 0.484 e. The van der Waals surface area contributed by atoms with Crippen molar-refractivity contribution in [3.63, 3.8) is 0 Å². The van der Waals surface area contributed by atoms with Gasteiger partial charge in [-0.2, -0.15) is 18.3 Å². The summed E-state index contributed by atoms with van der Waals surface area (Å²) in [5.74, 6) is -3.14. The fourth-order valence-electron chi connectivity index (χ4n) is 4.05. The number of alkyl halides is 3. The molecular weight excluding hydrogens is 528 g/mol. The van der Waals surface area contributed by atoms with Crippen molar-refractivity contribution in [2.24, 2.45) is 13.0 Å². The van der Waals surface area contributed by atoms with Crippen LogP contribution in [0.3, 0.4) is 0 Å². The molecule has 4 rings (SSSR count). The number of rotatable bonds is 7. The number of hydrogen-bond acceptors (Lipinski definition) is 4. The number of nitrogens with one attached hydrogen (secondary N) is 1. The van der Waals surface area contributed by atoms with Crippen LogP contribution < -0.4 is 15.6 Å². The molecule has 2 heterocycles. The first-order valence-corrected chi connectivity index (χ1v) is 11.9. The smallest absolute Gasteiger partial charge is 0.471 e. The van der Waals surface area contributed by atoms with E-state index in [4.69, 9.17) is 16.3 Å².